The number of hydrogen-bond acceptors (Lipinski definition) is 4. The molecule has 2 heterocycles. The summed E-state index contributed by atoms with van der Waals surface area (Å²) in [6, 6.07) is 6.38. The molecule has 5 nitrogen and oxygen atoms in total. The molecule has 0 N–H and O–H groups in total. The summed E-state index contributed by atoms with van der Waals surface area (Å²) in [5.41, 5.74) is 1.36. The summed E-state index contributed by atoms with van der Waals surface area (Å²) in [7, 11) is 0. The van der Waals surface area contributed by atoms with Crippen LogP contribution in [0.25, 0.3) is 16.7 Å². The second-order valence-electron chi connectivity index (χ2n) is 6.16. The molecule has 0 aliphatic rings. The van der Waals surface area contributed by atoms with Crippen molar-refractivity contribution in [2.24, 2.45) is 0 Å². The highest BCUT2D eigenvalue weighted by atomic mass is 19.1. The van der Waals surface area contributed by atoms with Crippen molar-refractivity contribution in [1.82, 2.24) is 19.7 Å². The van der Waals surface area contributed by atoms with Crippen molar-refractivity contribution in [2.75, 3.05) is 18.0 Å². The lowest BCUT2D eigenvalue weighted by atomic mass is 10.2. The van der Waals surface area contributed by atoms with Crippen LogP contribution in [0.2, 0.25) is 0 Å². The molecule has 0 radical (unpaired) electrons. The summed E-state index contributed by atoms with van der Waals surface area (Å²) < 4.78 is 15.2. The molecule has 3 rings (SSSR count). The SMILES string of the molecule is CCCCN(CCCC)c1ncnc2c1cnn2-c1cccc(F)c1. The minimum absolute atomic E-state index is 0.289. The van der Waals surface area contributed by atoms with Gasteiger partial charge in [0, 0.05) is 13.1 Å². The van der Waals surface area contributed by atoms with Crippen molar-refractivity contribution in [2.45, 2.75) is 39.5 Å². The maximum Gasteiger partial charge on any atom is 0.168 e. The normalized spacial score (nSPS) is 11.2. The average Bonchev–Trinajstić information content (AvgIpc) is 3.06. The van der Waals surface area contributed by atoms with Crippen molar-refractivity contribution in [1.29, 1.82) is 0 Å². The number of unbranched alkanes of at least 4 members (excludes halogenated alkanes) is 2. The maximum atomic E-state index is 13.6. The van der Waals surface area contributed by atoms with Gasteiger partial charge in [-0.1, -0.05) is 32.8 Å². The van der Waals surface area contributed by atoms with Gasteiger partial charge in [0.1, 0.15) is 18.0 Å². The van der Waals surface area contributed by atoms with Crippen LogP contribution in [0.15, 0.2) is 36.8 Å². The topological polar surface area (TPSA) is 46.8 Å². The van der Waals surface area contributed by atoms with E-state index >= 15 is 0 Å². The van der Waals surface area contributed by atoms with Crippen molar-refractivity contribution in [3.63, 3.8) is 0 Å². The van der Waals surface area contributed by atoms with E-state index in [1.807, 2.05) is 6.07 Å². The van der Waals surface area contributed by atoms with Gasteiger partial charge in [-0.25, -0.2) is 19.0 Å². The van der Waals surface area contributed by atoms with Crippen LogP contribution < -0.4 is 4.90 Å². The van der Waals surface area contributed by atoms with Crippen molar-refractivity contribution in [3.8, 4) is 5.69 Å². The highest BCUT2D eigenvalue weighted by molar-refractivity contribution is 5.87. The molecular weight excluding hydrogens is 317 g/mol. The molecule has 25 heavy (non-hydrogen) atoms. The van der Waals surface area contributed by atoms with Crippen LogP contribution in [0.5, 0.6) is 0 Å². The fourth-order valence-corrected chi connectivity index (χ4v) is 2.90. The quantitative estimate of drug-likeness (QED) is 0.611. The van der Waals surface area contributed by atoms with E-state index in [-0.39, 0.29) is 5.82 Å². The fraction of sp³-hybridized carbons (Fsp3) is 0.421. The Bertz CT molecular complexity index is 822. The second kappa shape index (κ2) is 8.05. The molecule has 0 spiro atoms. The fourth-order valence-electron chi connectivity index (χ4n) is 2.90. The first kappa shape index (κ1) is 17.3. The van der Waals surface area contributed by atoms with Crippen LogP contribution in [0.1, 0.15) is 39.5 Å². The molecule has 0 unspecified atom stereocenters. The largest absolute Gasteiger partial charge is 0.356 e. The summed E-state index contributed by atoms with van der Waals surface area (Å²) in [5.74, 6) is 0.623. The standard InChI is InChI=1S/C19H24FN5/c1-3-5-10-24(11-6-4-2)18-17-13-23-25(19(17)22-14-21-18)16-9-7-8-15(20)12-16/h7-9,12-14H,3-6,10-11H2,1-2H3. The first-order valence-electron chi connectivity index (χ1n) is 8.94. The average molecular weight is 341 g/mol. The van der Waals surface area contributed by atoms with Gasteiger partial charge < -0.3 is 4.90 Å². The Labute approximate surface area is 147 Å². The Kier molecular flexibility index (Phi) is 5.58. The summed E-state index contributed by atoms with van der Waals surface area (Å²) in [6.07, 6.45) is 7.86. The van der Waals surface area contributed by atoms with E-state index in [1.54, 1.807) is 23.3 Å². The Balaban J connectivity index is 2.02. The second-order valence-corrected chi connectivity index (χ2v) is 6.16. The summed E-state index contributed by atoms with van der Waals surface area (Å²) in [4.78, 5) is 11.2. The number of hydrogen-bond donors (Lipinski definition) is 0. The van der Waals surface area contributed by atoms with Gasteiger partial charge in [0.25, 0.3) is 0 Å². The number of fused-ring (bicyclic) bond motifs is 1. The van der Waals surface area contributed by atoms with Gasteiger partial charge in [-0.15, -0.1) is 0 Å². The molecule has 2 aromatic heterocycles. The number of aromatic nitrogens is 4. The van der Waals surface area contributed by atoms with Crippen LogP contribution in [0.4, 0.5) is 10.2 Å². The molecule has 0 atom stereocenters. The van der Waals surface area contributed by atoms with E-state index in [2.05, 4.69) is 33.8 Å². The molecule has 1 aromatic carbocycles. The molecule has 0 bridgehead atoms. The summed E-state index contributed by atoms with van der Waals surface area (Å²) >= 11 is 0. The highest BCUT2D eigenvalue weighted by Crippen LogP contribution is 2.25. The molecule has 0 fully saturated rings. The van der Waals surface area contributed by atoms with E-state index in [9.17, 15) is 4.39 Å². The molecule has 0 saturated carbocycles. The predicted octanol–water partition coefficient (Wildman–Crippen LogP) is 4.36. The monoisotopic (exact) mass is 341 g/mol. The van der Waals surface area contributed by atoms with Crippen molar-refractivity contribution < 1.29 is 4.39 Å². The number of halogens is 1. The smallest absolute Gasteiger partial charge is 0.168 e. The van der Waals surface area contributed by atoms with E-state index in [1.165, 1.54) is 12.1 Å². The Morgan fingerprint density at radius 2 is 1.84 bits per heavy atom. The van der Waals surface area contributed by atoms with E-state index < -0.39 is 0 Å². The Hall–Kier alpha value is -2.50. The molecule has 132 valence electrons. The molecule has 0 saturated heterocycles. The summed E-state index contributed by atoms with van der Waals surface area (Å²) in [5, 5.41) is 5.33. The lowest BCUT2D eigenvalue weighted by molar-refractivity contribution is 0.625. The Morgan fingerprint density at radius 1 is 1.08 bits per heavy atom. The molecule has 6 heteroatoms. The summed E-state index contributed by atoms with van der Waals surface area (Å²) in [6.45, 7) is 6.31. The van der Waals surface area contributed by atoms with Crippen LogP contribution in [0, 0.1) is 5.82 Å². The van der Waals surface area contributed by atoms with Gasteiger partial charge in [-0.05, 0) is 31.0 Å². The zero-order valence-corrected chi connectivity index (χ0v) is 14.8. The number of benzene rings is 1. The van der Waals surface area contributed by atoms with Crippen molar-refractivity contribution in [3.05, 3.63) is 42.6 Å². The molecular formula is C19H24FN5. The third-order valence-corrected chi connectivity index (χ3v) is 4.26. The van der Waals surface area contributed by atoms with Crippen LogP contribution in [0.3, 0.4) is 0 Å². The van der Waals surface area contributed by atoms with Gasteiger partial charge in [-0.3, -0.25) is 0 Å². The highest BCUT2D eigenvalue weighted by Gasteiger charge is 2.16. The third kappa shape index (κ3) is 3.78. The van der Waals surface area contributed by atoms with Gasteiger partial charge in [0.15, 0.2) is 5.65 Å². The maximum absolute atomic E-state index is 13.6. The van der Waals surface area contributed by atoms with Gasteiger partial charge >= 0.3 is 0 Å². The number of rotatable bonds is 8. The predicted molar refractivity (Wildman–Crippen MR) is 98.6 cm³/mol. The zero-order valence-electron chi connectivity index (χ0n) is 14.8. The lowest BCUT2D eigenvalue weighted by Crippen LogP contribution is -2.26. The van der Waals surface area contributed by atoms with Crippen LogP contribution in [-0.4, -0.2) is 32.8 Å². The molecule has 0 aliphatic heterocycles. The molecule has 0 amide bonds. The van der Waals surface area contributed by atoms with Gasteiger partial charge in [0.05, 0.1) is 17.3 Å². The van der Waals surface area contributed by atoms with Crippen molar-refractivity contribution >= 4 is 16.9 Å². The van der Waals surface area contributed by atoms with Gasteiger partial charge in [0.2, 0.25) is 0 Å². The van der Waals surface area contributed by atoms with Crippen LogP contribution >= 0.6 is 0 Å². The minimum Gasteiger partial charge on any atom is -0.356 e. The first-order valence-corrected chi connectivity index (χ1v) is 8.94. The zero-order chi connectivity index (χ0) is 17.6. The third-order valence-electron chi connectivity index (χ3n) is 4.26. The molecule has 0 aliphatic carbocycles. The number of anilines is 1. The van der Waals surface area contributed by atoms with E-state index in [4.69, 9.17) is 0 Å². The number of nitrogens with zero attached hydrogens (tertiary/aromatic N) is 5. The van der Waals surface area contributed by atoms with E-state index in [0.29, 0.717) is 11.3 Å². The van der Waals surface area contributed by atoms with E-state index in [0.717, 1.165) is 50.0 Å². The minimum atomic E-state index is -0.289. The van der Waals surface area contributed by atoms with Gasteiger partial charge in [-0.2, -0.15) is 5.10 Å². The molecule has 3 aromatic rings. The van der Waals surface area contributed by atoms with Crippen LogP contribution in [-0.2, 0) is 0 Å². The first-order chi connectivity index (χ1) is 12.2. The lowest BCUT2D eigenvalue weighted by Gasteiger charge is -2.23. The Morgan fingerprint density at radius 3 is 2.52 bits per heavy atom.